The predicted molar refractivity (Wildman–Crippen MR) is 111 cm³/mol. The number of hydrogen-bond acceptors (Lipinski definition) is 5. The number of hydrogen-bond donors (Lipinski definition) is 1. The first kappa shape index (κ1) is 20.7. The number of piperidine rings is 1. The van der Waals surface area contributed by atoms with Gasteiger partial charge in [0.1, 0.15) is 11.9 Å². The van der Waals surface area contributed by atoms with Crippen molar-refractivity contribution < 1.29 is 14.3 Å². The summed E-state index contributed by atoms with van der Waals surface area (Å²) < 4.78 is 11.5. The Morgan fingerprint density at radius 1 is 1.25 bits per heavy atom. The Kier molecular flexibility index (Phi) is 6.99. The largest absolute Gasteiger partial charge is 0.479 e. The lowest BCUT2D eigenvalue weighted by atomic mass is 10.1. The van der Waals surface area contributed by atoms with Crippen molar-refractivity contribution in [3.63, 3.8) is 0 Å². The number of nitrogens with one attached hydrogen (secondary N) is 1. The highest BCUT2D eigenvalue weighted by Gasteiger charge is 2.19. The quantitative estimate of drug-likeness (QED) is 0.751. The fourth-order valence-corrected chi connectivity index (χ4v) is 3.31. The molecule has 1 aliphatic rings. The lowest BCUT2D eigenvalue weighted by molar-refractivity contribution is -0.122. The van der Waals surface area contributed by atoms with Crippen LogP contribution in [0.15, 0.2) is 36.5 Å². The molecule has 1 fully saturated rings. The summed E-state index contributed by atoms with van der Waals surface area (Å²) in [6, 6.07) is 8.37. The average Bonchev–Trinajstić information content (AvgIpc) is 2.67. The summed E-state index contributed by atoms with van der Waals surface area (Å²) in [6.45, 7) is 3.69. The molecule has 1 aromatic carbocycles. The van der Waals surface area contributed by atoms with Crippen LogP contribution in [0.1, 0.15) is 19.8 Å². The summed E-state index contributed by atoms with van der Waals surface area (Å²) in [5.41, 5.74) is 0.568. The number of nitrogens with zero attached hydrogens (tertiary/aromatic N) is 2. The van der Waals surface area contributed by atoms with Gasteiger partial charge in [0.05, 0.1) is 16.9 Å². The number of anilines is 1. The number of benzene rings is 1. The van der Waals surface area contributed by atoms with E-state index >= 15 is 0 Å². The van der Waals surface area contributed by atoms with Gasteiger partial charge in [-0.25, -0.2) is 4.98 Å². The van der Waals surface area contributed by atoms with Gasteiger partial charge < -0.3 is 19.7 Å². The van der Waals surface area contributed by atoms with Crippen molar-refractivity contribution in [2.45, 2.75) is 32.0 Å². The van der Waals surface area contributed by atoms with Crippen LogP contribution in [0.4, 0.5) is 5.69 Å². The number of aromatic nitrogens is 1. The standard InChI is InChI=1S/C20H23Cl2N3O3/c1-13(27-18-5-3-14(21)11-17(18)22)20(26)24-15-4-6-19(23-12-15)28-16-7-9-25(2)10-8-16/h3-6,11-13,16H,7-10H2,1-2H3,(H,24,26). The van der Waals surface area contributed by atoms with Gasteiger partial charge in [0.2, 0.25) is 5.88 Å². The lowest BCUT2D eigenvalue weighted by Crippen LogP contribution is -2.35. The number of ether oxygens (including phenoxy) is 2. The number of rotatable bonds is 6. The van der Waals surface area contributed by atoms with E-state index in [2.05, 4.69) is 22.2 Å². The Bertz CT molecular complexity index is 809. The fraction of sp³-hybridized carbons (Fsp3) is 0.400. The molecule has 3 rings (SSSR count). The van der Waals surface area contributed by atoms with Crippen LogP contribution in [0.25, 0.3) is 0 Å². The first-order chi connectivity index (χ1) is 13.4. The molecule has 6 nitrogen and oxygen atoms in total. The van der Waals surface area contributed by atoms with E-state index in [1.54, 1.807) is 43.5 Å². The van der Waals surface area contributed by atoms with E-state index in [-0.39, 0.29) is 12.0 Å². The molecule has 8 heteroatoms. The molecule has 0 radical (unpaired) electrons. The Morgan fingerprint density at radius 2 is 2.00 bits per heavy atom. The van der Waals surface area contributed by atoms with Crippen LogP contribution in [-0.4, -0.2) is 48.1 Å². The molecule has 1 N–H and O–H groups in total. The Morgan fingerprint density at radius 3 is 2.64 bits per heavy atom. The number of carbonyl (C=O) groups is 1. The Balaban J connectivity index is 1.52. The molecule has 0 aliphatic carbocycles. The zero-order valence-electron chi connectivity index (χ0n) is 15.8. The van der Waals surface area contributed by atoms with E-state index in [4.69, 9.17) is 32.7 Å². The summed E-state index contributed by atoms with van der Waals surface area (Å²) in [4.78, 5) is 18.9. The van der Waals surface area contributed by atoms with E-state index in [1.165, 1.54) is 0 Å². The van der Waals surface area contributed by atoms with Crippen molar-refractivity contribution in [1.29, 1.82) is 0 Å². The minimum absolute atomic E-state index is 0.182. The van der Waals surface area contributed by atoms with Crippen molar-refractivity contribution >= 4 is 34.8 Å². The predicted octanol–water partition coefficient (Wildman–Crippen LogP) is 4.27. The number of pyridine rings is 1. The van der Waals surface area contributed by atoms with Crippen LogP contribution < -0.4 is 14.8 Å². The van der Waals surface area contributed by atoms with Gasteiger partial charge in [0.15, 0.2) is 6.10 Å². The molecule has 0 bridgehead atoms. The first-order valence-electron chi connectivity index (χ1n) is 9.14. The van der Waals surface area contributed by atoms with Gasteiger partial charge in [-0.1, -0.05) is 23.2 Å². The maximum absolute atomic E-state index is 12.4. The van der Waals surface area contributed by atoms with E-state index in [0.717, 1.165) is 25.9 Å². The molecule has 28 heavy (non-hydrogen) atoms. The topological polar surface area (TPSA) is 63.7 Å². The SMILES string of the molecule is CC(Oc1ccc(Cl)cc1Cl)C(=O)Nc1ccc(OC2CCN(C)CC2)nc1. The third-order valence-corrected chi connectivity index (χ3v) is 5.05. The summed E-state index contributed by atoms with van der Waals surface area (Å²) in [5.74, 6) is 0.648. The number of likely N-dealkylation sites (tertiary alicyclic amines) is 1. The molecule has 1 atom stereocenters. The van der Waals surface area contributed by atoms with Crippen LogP contribution in [0.5, 0.6) is 11.6 Å². The average molecular weight is 424 g/mol. The molecule has 1 saturated heterocycles. The fourth-order valence-electron chi connectivity index (χ4n) is 2.86. The second-order valence-electron chi connectivity index (χ2n) is 6.83. The number of amides is 1. The molecule has 0 saturated carbocycles. The van der Waals surface area contributed by atoms with Gasteiger partial charge >= 0.3 is 0 Å². The normalized spacial score (nSPS) is 16.4. The van der Waals surface area contributed by atoms with E-state index < -0.39 is 6.10 Å². The molecular formula is C20H23Cl2N3O3. The van der Waals surface area contributed by atoms with Gasteiger partial charge in [-0.3, -0.25) is 4.79 Å². The lowest BCUT2D eigenvalue weighted by Gasteiger charge is -2.28. The van der Waals surface area contributed by atoms with Gasteiger partial charge in [-0.15, -0.1) is 0 Å². The summed E-state index contributed by atoms with van der Waals surface area (Å²) in [7, 11) is 2.11. The number of halogens is 2. The van der Waals surface area contributed by atoms with Gasteiger partial charge in [0.25, 0.3) is 5.91 Å². The maximum atomic E-state index is 12.4. The van der Waals surface area contributed by atoms with E-state index in [9.17, 15) is 4.79 Å². The second-order valence-corrected chi connectivity index (χ2v) is 7.67. The highest BCUT2D eigenvalue weighted by atomic mass is 35.5. The Hall–Kier alpha value is -2.02. The molecular weight excluding hydrogens is 401 g/mol. The Labute approximate surface area is 174 Å². The monoisotopic (exact) mass is 423 g/mol. The molecule has 150 valence electrons. The van der Waals surface area contributed by atoms with Crippen molar-refractivity contribution in [3.05, 3.63) is 46.6 Å². The van der Waals surface area contributed by atoms with Crippen molar-refractivity contribution in [3.8, 4) is 11.6 Å². The van der Waals surface area contributed by atoms with Crippen molar-refractivity contribution in [2.75, 3.05) is 25.5 Å². The van der Waals surface area contributed by atoms with Gasteiger partial charge in [0, 0.05) is 24.2 Å². The second kappa shape index (κ2) is 9.45. The van der Waals surface area contributed by atoms with Crippen LogP contribution >= 0.6 is 23.2 Å². The minimum Gasteiger partial charge on any atom is -0.479 e. The van der Waals surface area contributed by atoms with Gasteiger partial charge in [-0.2, -0.15) is 0 Å². The minimum atomic E-state index is -0.742. The molecule has 1 aliphatic heterocycles. The van der Waals surface area contributed by atoms with E-state index in [1.807, 2.05) is 0 Å². The molecule has 2 aromatic rings. The molecule has 0 spiro atoms. The summed E-state index contributed by atoms with van der Waals surface area (Å²) in [5, 5.41) is 3.63. The van der Waals surface area contributed by atoms with Crippen LogP contribution in [0.3, 0.4) is 0 Å². The van der Waals surface area contributed by atoms with Gasteiger partial charge in [-0.05, 0) is 51.1 Å². The highest BCUT2D eigenvalue weighted by Crippen LogP contribution is 2.28. The van der Waals surface area contributed by atoms with Crippen LogP contribution in [-0.2, 0) is 4.79 Å². The summed E-state index contributed by atoms with van der Waals surface area (Å²) in [6.07, 6.45) is 2.98. The maximum Gasteiger partial charge on any atom is 0.265 e. The van der Waals surface area contributed by atoms with Crippen molar-refractivity contribution in [1.82, 2.24) is 9.88 Å². The third-order valence-electron chi connectivity index (χ3n) is 4.52. The molecule has 1 amide bonds. The van der Waals surface area contributed by atoms with Crippen LogP contribution in [0.2, 0.25) is 10.0 Å². The summed E-state index contributed by atoms with van der Waals surface area (Å²) >= 11 is 11.9. The van der Waals surface area contributed by atoms with Crippen molar-refractivity contribution in [2.24, 2.45) is 0 Å². The zero-order valence-corrected chi connectivity index (χ0v) is 17.3. The van der Waals surface area contributed by atoms with E-state index in [0.29, 0.717) is 27.4 Å². The zero-order chi connectivity index (χ0) is 20.1. The molecule has 1 unspecified atom stereocenters. The first-order valence-corrected chi connectivity index (χ1v) is 9.90. The third kappa shape index (κ3) is 5.74. The smallest absolute Gasteiger partial charge is 0.265 e. The van der Waals surface area contributed by atoms with Crippen LogP contribution in [0, 0.1) is 0 Å². The molecule has 2 heterocycles. The molecule has 1 aromatic heterocycles. The highest BCUT2D eigenvalue weighted by molar-refractivity contribution is 6.35. The number of carbonyl (C=O) groups excluding carboxylic acids is 1.